The van der Waals surface area contributed by atoms with Gasteiger partial charge in [0.05, 0.1) is 13.7 Å². The molecule has 3 heteroatoms. The molecule has 0 aromatic heterocycles. The number of anilines is 1. The fourth-order valence-corrected chi connectivity index (χ4v) is 2.55. The van der Waals surface area contributed by atoms with E-state index >= 15 is 0 Å². The lowest BCUT2D eigenvalue weighted by Crippen LogP contribution is -2.29. The molecular formula is C15H21NO2. The Morgan fingerprint density at radius 2 is 2.11 bits per heavy atom. The standard InChI is InChI=1S/C15H21NO2/c1-16(11-15(17)12-6-3-4-7-12)13-8-5-9-14(10-13)18-2/h5,8-10,12H,3-4,6-7,11H2,1-2H3. The minimum Gasteiger partial charge on any atom is -0.497 e. The predicted octanol–water partition coefficient (Wildman–Crippen LogP) is 2.89. The number of ketones is 1. The maximum absolute atomic E-state index is 12.1. The smallest absolute Gasteiger partial charge is 0.155 e. The number of benzene rings is 1. The second-order valence-corrected chi connectivity index (χ2v) is 5.01. The molecule has 0 radical (unpaired) electrons. The van der Waals surface area contributed by atoms with E-state index in [1.165, 1.54) is 12.8 Å². The number of carbonyl (C=O) groups excluding carboxylic acids is 1. The van der Waals surface area contributed by atoms with Crippen LogP contribution in [0.1, 0.15) is 25.7 Å². The SMILES string of the molecule is COc1cccc(N(C)CC(=O)C2CCCC2)c1. The van der Waals surface area contributed by atoms with Gasteiger partial charge in [-0.3, -0.25) is 4.79 Å². The van der Waals surface area contributed by atoms with Crippen molar-refractivity contribution in [3.63, 3.8) is 0 Å². The molecule has 1 fully saturated rings. The normalized spacial score (nSPS) is 15.7. The van der Waals surface area contributed by atoms with Crippen LogP contribution in [0.15, 0.2) is 24.3 Å². The number of nitrogens with zero attached hydrogens (tertiary/aromatic N) is 1. The Kier molecular flexibility index (Phi) is 4.24. The third-order valence-electron chi connectivity index (χ3n) is 3.70. The molecule has 0 unspecified atom stereocenters. The molecule has 18 heavy (non-hydrogen) atoms. The van der Waals surface area contributed by atoms with Crippen molar-refractivity contribution in [1.29, 1.82) is 0 Å². The summed E-state index contributed by atoms with van der Waals surface area (Å²) in [6.07, 6.45) is 4.56. The summed E-state index contributed by atoms with van der Waals surface area (Å²) in [5.74, 6) is 1.49. The lowest BCUT2D eigenvalue weighted by Gasteiger charge is -2.20. The maximum atomic E-state index is 12.1. The minimum absolute atomic E-state index is 0.290. The molecule has 1 saturated carbocycles. The molecular weight excluding hydrogens is 226 g/mol. The van der Waals surface area contributed by atoms with Crippen LogP contribution in [-0.2, 0) is 4.79 Å². The molecule has 1 aliphatic carbocycles. The highest BCUT2D eigenvalue weighted by molar-refractivity contribution is 5.85. The Bertz CT molecular complexity index is 411. The fraction of sp³-hybridized carbons (Fsp3) is 0.533. The van der Waals surface area contributed by atoms with Crippen molar-refractivity contribution >= 4 is 11.5 Å². The van der Waals surface area contributed by atoms with Gasteiger partial charge in [0.15, 0.2) is 5.78 Å². The monoisotopic (exact) mass is 247 g/mol. The molecule has 0 bridgehead atoms. The average molecular weight is 247 g/mol. The van der Waals surface area contributed by atoms with Crippen molar-refractivity contribution in [1.82, 2.24) is 0 Å². The summed E-state index contributed by atoms with van der Waals surface area (Å²) < 4.78 is 5.20. The number of Topliss-reactive ketones (excluding diaryl/α,β-unsaturated/α-hetero) is 1. The van der Waals surface area contributed by atoms with Crippen LogP contribution < -0.4 is 9.64 Å². The first-order valence-electron chi connectivity index (χ1n) is 6.58. The van der Waals surface area contributed by atoms with E-state index < -0.39 is 0 Å². The van der Waals surface area contributed by atoms with Crippen molar-refractivity contribution in [2.75, 3.05) is 25.6 Å². The van der Waals surface area contributed by atoms with Crippen LogP contribution in [0.25, 0.3) is 0 Å². The number of methoxy groups -OCH3 is 1. The minimum atomic E-state index is 0.290. The van der Waals surface area contributed by atoms with E-state index in [4.69, 9.17) is 4.74 Å². The summed E-state index contributed by atoms with van der Waals surface area (Å²) in [6, 6.07) is 7.83. The quantitative estimate of drug-likeness (QED) is 0.801. The van der Waals surface area contributed by atoms with Gasteiger partial charge in [-0.15, -0.1) is 0 Å². The van der Waals surface area contributed by atoms with Gasteiger partial charge in [-0.05, 0) is 25.0 Å². The Morgan fingerprint density at radius 3 is 2.78 bits per heavy atom. The summed E-state index contributed by atoms with van der Waals surface area (Å²) in [5, 5.41) is 0. The summed E-state index contributed by atoms with van der Waals surface area (Å²) >= 11 is 0. The molecule has 1 aromatic carbocycles. The summed E-state index contributed by atoms with van der Waals surface area (Å²) in [6.45, 7) is 0.498. The van der Waals surface area contributed by atoms with E-state index in [1.54, 1.807) is 7.11 Å². The van der Waals surface area contributed by atoms with Crippen molar-refractivity contribution in [2.24, 2.45) is 5.92 Å². The van der Waals surface area contributed by atoms with E-state index in [2.05, 4.69) is 0 Å². The zero-order valence-corrected chi connectivity index (χ0v) is 11.2. The molecule has 0 heterocycles. The number of likely N-dealkylation sites (N-methyl/N-ethyl adjacent to an activating group) is 1. The zero-order valence-electron chi connectivity index (χ0n) is 11.2. The fourth-order valence-electron chi connectivity index (χ4n) is 2.55. The third kappa shape index (κ3) is 3.03. The van der Waals surface area contributed by atoms with Crippen molar-refractivity contribution in [2.45, 2.75) is 25.7 Å². The molecule has 2 rings (SSSR count). The number of hydrogen-bond acceptors (Lipinski definition) is 3. The third-order valence-corrected chi connectivity index (χ3v) is 3.70. The van der Waals surface area contributed by atoms with Crippen LogP contribution in [0.4, 0.5) is 5.69 Å². The number of hydrogen-bond donors (Lipinski definition) is 0. The molecule has 0 N–H and O–H groups in total. The number of rotatable bonds is 5. The van der Waals surface area contributed by atoms with Gasteiger partial charge in [-0.25, -0.2) is 0 Å². The van der Waals surface area contributed by atoms with Crippen LogP contribution in [-0.4, -0.2) is 26.5 Å². The van der Waals surface area contributed by atoms with Crippen molar-refractivity contribution in [3.8, 4) is 5.75 Å². The van der Waals surface area contributed by atoms with Gasteiger partial charge in [0, 0.05) is 24.7 Å². The average Bonchev–Trinajstić information content (AvgIpc) is 2.92. The molecule has 1 aliphatic rings. The molecule has 0 spiro atoms. The number of carbonyl (C=O) groups is 1. The molecule has 0 aliphatic heterocycles. The molecule has 3 nitrogen and oxygen atoms in total. The topological polar surface area (TPSA) is 29.5 Å². The second-order valence-electron chi connectivity index (χ2n) is 5.01. The van der Waals surface area contributed by atoms with Gasteiger partial charge in [-0.2, -0.15) is 0 Å². The van der Waals surface area contributed by atoms with Gasteiger partial charge in [0.25, 0.3) is 0 Å². The van der Waals surface area contributed by atoms with E-state index in [-0.39, 0.29) is 5.92 Å². The lowest BCUT2D eigenvalue weighted by atomic mass is 10.0. The zero-order chi connectivity index (χ0) is 13.0. The maximum Gasteiger partial charge on any atom is 0.155 e. The van der Waals surface area contributed by atoms with Gasteiger partial charge in [0.2, 0.25) is 0 Å². The first-order chi connectivity index (χ1) is 8.70. The van der Waals surface area contributed by atoms with Crippen molar-refractivity contribution in [3.05, 3.63) is 24.3 Å². The van der Waals surface area contributed by atoms with Gasteiger partial charge < -0.3 is 9.64 Å². The largest absolute Gasteiger partial charge is 0.497 e. The van der Waals surface area contributed by atoms with Crippen LogP contribution in [0, 0.1) is 5.92 Å². The summed E-state index contributed by atoms with van der Waals surface area (Å²) in [4.78, 5) is 14.1. The first-order valence-corrected chi connectivity index (χ1v) is 6.58. The molecule has 0 saturated heterocycles. The first kappa shape index (κ1) is 12.9. The van der Waals surface area contributed by atoms with Gasteiger partial charge in [0.1, 0.15) is 5.75 Å². The molecule has 0 amide bonds. The van der Waals surface area contributed by atoms with Crippen molar-refractivity contribution < 1.29 is 9.53 Å². The van der Waals surface area contributed by atoms with E-state index in [0.717, 1.165) is 24.3 Å². The van der Waals surface area contributed by atoms with Crippen LogP contribution in [0.3, 0.4) is 0 Å². The van der Waals surface area contributed by atoms with Crippen LogP contribution in [0.2, 0.25) is 0 Å². The molecule has 1 aromatic rings. The second kappa shape index (κ2) is 5.89. The lowest BCUT2D eigenvalue weighted by molar-refractivity contribution is -0.121. The summed E-state index contributed by atoms with van der Waals surface area (Å²) in [5.41, 5.74) is 1.03. The van der Waals surface area contributed by atoms with Gasteiger partial charge >= 0.3 is 0 Å². The molecule has 98 valence electrons. The highest BCUT2D eigenvalue weighted by Crippen LogP contribution is 2.26. The van der Waals surface area contributed by atoms with E-state index in [0.29, 0.717) is 12.3 Å². The van der Waals surface area contributed by atoms with Crippen LogP contribution in [0.5, 0.6) is 5.75 Å². The summed E-state index contributed by atoms with van der Waals surface area (Å²) in [7, 11) is 3.62. The number of ether oxygens (including phenoxy) is 1. The van der Waals surface area contributed by atoms with Crippen LogP contribution >= 0.6 is 0 Å². The Balaban J connectivity index is 1.97. The predicted molar refractivity (Wildman–Crippen MR) is 73.2 cm³/mol. The highest BCUT2D eigenvalue weighted by atomic mass is 16.5. The van der Waals surface area contributed by atoms with E-state index in [9.17, 15) is 4.79 Å². The van der Waals surface area contributed by atoms with E-state index in [1.807, 2.05) is 36.2 Å². The molecule has 0 atom stereocenters. The Morgan fingerprint density at radius 1 is 1.39 bits per heavy atom. The van der Waals surface area contributed by atoms with Gasteiger partial charge in [-0.1, -0.05) is 18.9 Å². The highest BCUT2D eigenvalue weighted by Gasteiger charge is 2.23. The Hall–Kier alpha value is -1.51. The Labute approximate surface area is 109 Å².